The number of pyridine rings is 1. The third-order valence-electron chi connectivity index (χ3n) is 3.83. The molecule has 1 aromatic heterocycles. The average Bonchev–Trinajstić information content (AvgIpc) is 2.49. The van der Waals surface area contributed by atoms with Crippen LogP contribution in [0.4, 0.5) is 11.4 Å². The summed E-state index contributed by atoms with van der Waals surface area (Å²) in [7, 11) is 0. The molecule has 0 amide bonds. The van der Waals surface area contributed by atoms with Gasteiger partial charge in [-0.3, -0.25) is 4.98 Å². The Kier molecular flexibility index (Phi) is 3.64. The van der Waals surface area contributed by atoms with E-state index in [0.717, 1.165) is 26.3 Å². The highest BCUT2D eigenvalue weighted by molar-refractivity contribution is 5.70. The van der Waals surface area contributed by atoms with E-state index in [2.05, 4.69) is 20.9 Å². The molecule has 0 N–H and O–H groups in total. The molecule has 0 bridgehead atoms. The van der Waals surface area contributed by atoms with Gasteiger partial charge in [-0.1, -0.05) is 0 Å². The number of morpholine rings is 1. The largest absolute Gasteiger partial charge is 0.378 e. The molecule has 2 fully saturated rings. The molecule has 4 heteroatoms. The smallest absolute Gasteiger partial charge is 0.0790 e. The van der Waals surface area contributed by atoms with E-state index in [9.17, 15) is 0 Å². The van der Waals surface area contributed by atoms with Gasteiger partial charge in [-0.05, 0) is 25.3 Å². The first kappa shape index (κ1) is 11.8. The molecule has 1 aromatic rings. The van der Waals surface area contributed by atoms with Crippen LogP contribution in [0.2, 0.25) is 0 Å². The van der Waals surface area contributed by atoms with Crippen LogP contribution in [0, 0.1) is 0 Å². The Balaban J connectivity index is 1.83. The lowest BCUT2D eigenvalue weighted by Crippen LogP contribution is -2.38. The van der Waals surface area contributed by atoms with E-state index in [4.69, 9.17) is 4.74 Å². The van der Waals surface area contributed by atoms with Gasteiger partial charge in [0.15, 0.2) is 0 Å². The van der Waals surface area contributed by atoms with E-state index >= 15 is 0 Å². The number of nitrogens with zero attached hydrogens (tertiary/aromatic N) is 3. The summed E-state index contributed by atoms with van der Waals surface area (Å²) in [4.78, 5) is 9.23. The fourth-order valence-electron chi connectivity index (χ4n) is 2.83. The Hall–Kier alpha value is -1.29. The maximum Gasteiger partial charge on any atom is 0.0790 e. The van der Waals surface area contributed by atoms with Crippen LogP contribution in [0.3, 0.4) is 0 Å². The molecule has 0 unspecified atom stereocenters. The van der Waals surface area contributed by atoms with Crippen LogP contribution in [0.25, 0.3) is 0 Å². The number of hydrogen-bond donors (Lipinski definition) is 0. The molecule has 0 aliphatic carbocycles. The zero-order valence-corrected chi connectivity index (χ0v) is 10.8. The minimum Gasteiger partial charge on any atom is -0.378 e. The van der Waals surface area contributed by atoms with Crippen molar-refractivity contribution < 1.29 is 4.74 Å². The monoisotopic (exact) mass is 247 g/mol. The summed E-state index contributed by atoms with van der Waals surface area (Å²) < 4.78 is 5.44. The lowest BCUT2D eigenvalue weighted by molar-refractivity contribution is 0.122. The Morgan fingerprint density at radius 3 is 2.39 bits per heavy atom. The van der Waals surface area contributed by atoms with Crippen molar-refractivity contribution in [3.63, 3.8) is 0 Å². The third-order valence-corrected chi connectivity index (χ3v) is 3.83. The molecular formula is C14H21N3O. The predicted octanol–water partition coefficient (Wildman–Crippen LogP) is 1.91. The molecule has 0 saturated carbocycles. The highest BCUT2D eigenvalue weighted by Gasteiger charge is 2.19. The van der Waals surface area contributed by atoms with Crippen molar-refractivity contribution in [3.05, 3.63) is 18.5 Å². The van der Waals surface area contributed by atoms with Crippen molar-refractivity contribution in [1.29, 1.82) is 0 Å². The number of anilines is 2. The van der Waals surface area contributed by atoms with Gasteiger partial charge in [0.25, 0.3) is 0 Å². The van der Waals surface area contributed by atoms with E-state index in [1.807, 2.05) is 12.4 Å². The van der Waals surface area contributed by atoms with E-state index in [1.54, 1.807) is 0 Å². The summed E-state index contributed by atoms with van der Waals surface area (Å²) in [5.41, 5.74) is 2.63. The molecule has 3 rings (SSSR count). The zero-order valence-electron chi connectivity index (χ0n) is 10.8. The van der Waals surface area contributed by atoms with Crippen molar-refractivity contribution in [1.82, 2.24) is 4.98 Å². The van der Waals surface area contributed by atoms with Gasteiger partial charge >= 0.3 is 0 Å². The average molecular weight is 247 g/mol. The second kappa shape index (κ2) is 5.57. The van der Waals surface area contributed by atoms with Crippen LogP contribution in [-0.2, 0) is 4.74 Å². The molecule has 0 aromatic carbocycles. The molecule has 2 aliphatic rings. The van der Waals surface area contributed by atoms with Crippen LogP contribution in [-0.4, -0.2) is 44.4 Å². The van der Waals surface area contributed by atoms with Crippen molar-refractivity contribution in [2.75, 3.05) is 49.2 Å². The summed E-state index contributed by atoms with van der Waals surface area (Å²) in [6.45, 7) is 5.99. The highest BCUT2D eigenvalue weighted by atomic mass is 16.5. The maximum atomic E-state index is 5.44. The van der Waals surface area contributed by atoms with Crippen molar-refractivity contribution in [2.24, 2.45) is 0 Å². The van der Waals surface area contributed by atoms with Gasteiger partial charge in [0.05, 0.1) is 30.8 Å². The van der Waals surface area contributed by atoms with Crippen molar-refractivity contribution >= 4 is 11.4 Å². The normalized spacial score (nSPS) is 21.1. The van der Waals surface area contributed by atoms with Crippen molar-refractivity contribution in [3.8, 4) is 0 Å². The molecule has 2 saturated heterocycles. The summed E-state index contributed by atoms with van der Waals surface area (Å²) in [5, 5.41) is 0. The lowest BCUT2D eigenvalue weighted by atomic mass is 10.1. The van der Waals surface area contributed by atoms with Gasteiger partial charge in [0.2, 0.25) is 0 Å². The minimum atomic E-state index is 0.835. The van der Waals surface area contributed by atoms with Crippen molar-refractivity contribution in [2.45, 2.75) is 19.3 Å². The Bertz CT molecular complexity index is 347. The zero-order chi connectivity index (χ0) is 12.2. The molecule has 3 heterocycles. The van der Waals surface area contributed by atoms with E-state index in [1.165, 1.54) is 43.7 Å². The summed E-state index contributed by atoms with van der Waals surface area (Å²) in [6.07, 6.45) is 7.90. The lowest BCUT2D eigenvalue weighted by Gasteiger charge is -2.35. The first-order valence-corrected chi connectivity index (χ1v) is 6.97. The standard InChI is InChI=1S/C14H21N3O/c1-2-6-16(7-3-1)14-12-15-5-4-13(14)17-8-10-18-11-9-17/h4-5,12H,1-3,6-11H2. The van der Waals surface area contributed by atoms with E-state index in [-0.39, 0.29) is 0 Å². The Morgan fingerprint density at radius 2 is 1.61 bits per heavy atom. The summed E-state index contributed by atoms with van der Waals surface area (Å²) >= 11 is 0. The quantitative estimate of drug-likeness (QED) is 0.798. The molecular weight excluding hydrogens is 226 g/mol. The number of hydrogen-bond acceptors (Lipinski definition) is 4. The maximum absolute atomic E-state index is 5.44. The Morgan fingerprint density at radius 1 is 0.889 bits per heavy atom. The molecule has 2 aliphatic heterocycles. The molecule has 0 spiro atoms. The molecule has 0 radical (unpaired) electrons. The number of piperidine rings is 1. The second-order valence-corrected chi connectivity index (χ2v) is 5.01. The van der Waals surface area contributed by atoms with Crippen LogP contribution in [0.1, 0.15) is 19.3 Å². The second-order valence-electron chi connectivity index (χ2n) is 5.01. The number of aromatic nitrogens is 1. The van der Waals surface area contributed by atoms with Crippen LogP contribution in [0.5, 0.6) is 0 Å². The summed E-state index contributed by atoms with van der Waals surface area (Å²) in [6, 6.07) is 2.15. The highest BCUT2D eigenvalue weighted by Crippen LogP contribution is 2.30. The molecule has 0 atom stereocenters. The van der Waals surface area contributed by atoms with Gasteiger partial charge in [-0.2, -0.15) is 0 Å². The molecule has 18 heavy (non-hydrogen) atoms. The third kappa shape index (κ3) is 2.43. The fourth-order valence-corrected chi connectivity index (χ4v) is 2.83. The number of ether oxygens (including phenoxy) is 1. The van der Waals surface area contributed by atoms with Gasteiger partial charge in [0.1, 0.15) is 0 Å². The minimum absolute atomic E-state index is 0.835. The van der Waals surface area contributed by atoms with Crippen LogP contribution in [0.15, 0.2) is 18.5 Å². The van der Waals surface area contributed by atoms with Crippen LogP contribution >= 0.6 is 0 Å². The van der Waals surface area contributed by atoms with Gasteiger partial charge < -0.3 is 14.5 Å². The number of rotatable bonds is 2. The predicted molar refractivity (Wildman–Crippen MR) is 73.3 cm³/mol. The fraction of sp³-hybridized carbons (Fsp3) is 0.643. The van der Waals surface area contributed by atoms with Gasteiger partial charge in [-0.15, -0.1) is 0 Å². The Labute approximate surface area is 109 Å². The molecule has 98 valence electrons. The first-order chi connectivity index (χ1) is 8.95. The first-order valence-electron chi connectivity index (χ1n) is 6.97. The van der Waals surface area contributed by atoms with Gasteiger partial charge in [-0.25, -0.2) is 0 Å². The topological polar surface area (TPSA) is 28.6 Å². The SMILES string of the molecule is c1cc(N2CCOCC2)c(N2CCCCC2)cn1. The van der Waals surface area contributed by atoms with Gasteiger partial charge in [0, 0.05) is 32.4 Å². The summed E-state index contributed by atoms with van der Waals surface area (Å²) in [5.74, 6) is 0. The van der Waals surface area contributed by atoms with E-state index in [0.29, 0.717) is 0 Å². The van der Waals surface area contributed by atoms with Crippen LogP contribution < -0.4 is 9.80 Å². The molecule has 4 nitrogen and oxygen atoms in total. The van der Waals surface area contributed by atoms with E-state index < -0.39 is 0 Å².